The number of esters is 1. The number of nitrogens with one attached hydrogen (secondary N) is 3. The molecule has 0 bridgehead atoms. The predicted octanol–water partition coefficient (Wildman–Crippen LogP) is 4.21. The molecule has 51 heavy (non-hydrogen) atoms. The van der Waals surface area contributed by atoms with Gasteiger partial charge in [-0.3, -0.25) is 29.8 Å². The van der Waals surface area contributed by atoms with Gasteiger partial charge in [-0.15, -0.1) is 0 Å². The molecule has 0 saturated heterocycles. The molecule has 2 amide bonds. The summed E-state index contributed by atoms with van der Waals surface area (Å²) in [7, 11) is -3.70. The summed E-state index contributed by atoms with van der Waals surface area (Å²) in [4.78, 5) is 47.4. The number of rotatable bonds is 10. The fourth-order valence-electron chi connectivity index (χ4n) is 4.13. The molecule has 20 heteroatoms. The molecule has 0 saturated carbocycles. The monoisotopic (exact) mass is 751 g/mol. The summed E-state index contributed by atoms with van der Waals surface area (Å²) in [6, 6.07) is 17.6. The van der Waals surface area contributed by atoms with Crippen LogP contribution in [0.15, 0.2) is 66.9 Å². The Hall–Kier alpha value is -5.12. The van der Waals surface area contributed by atoms with E-state index in [0.29, 0.717) is 35.3 Å². The Labute approximate surface area is 296 Å². The summed E-state index contributed by atoms with van der Waals surface area (Å²) in [6.45, 7) is 2.54. The molecule has 0 radical (unpaired) electrons. The molecule has 2 aromatic heterocycles. The van der Waals surface area contributed by atoms with Crippen molar-refractivity contribution in [3.63, 3.8) is 0 Å². The molecular formula is C31H41N7O11S2. The lowest BCUT2D eigenvalue weighted by Crippen LogP contribution is -2.34. The molecule has 0 spiro atoms. The van der Waals surface area contributed by atoms with E-state index in [-0.39, 0.29) is 37.3 Å². The van der Waals surface area contributed by atoms with Gasteiger partial charge in [-0.25, -0.2) is 14.8 Å². The van der Waals surface area contributed by atoms with Crippen LogP contribution in [0.1, 0.15) is 35.1 Å². The minimum atomic E-state index is -3.67. The molecule has 0 unspecified atom stereocenters. The molecule has 0 atom stereocenters. The molecule has 7 N–H and O–H groups in total. The van der Waals surface area contributed by atoms with Crippen molar-refractivity contribution >= 4 is 67.3 Å². The Morgan fingerprint density at radius 1 is 0.980 bits per heavy atom. The minimum Gasteiger partial charge on any atom is -0.466 e. The van der Waals surface area contributed by atoms with Crippen LogP contribution in [0.2, 0.25) is 0 Å². The van der Waals surface area contributed by atoms with Crippen molar-refractivity contribution in [2.75, 3.05) is 43.0 Å². The third kappa shape index (κ3) is 15.5. The van der Waals surface area contributed by atoms with Gasteiger partial charge in [0.05, 0.1) is 54.8 Å². The first-order valence-corrected chi connectivity index (χ1v) is 18.6. The fraction of sp³-hybridized carbons (Fsp3) is 0.290. The summed E-state index contributed by atoms with van der Waals surface area (Å²) < 4.78 is 60.5. The summed E-state index contributed by atoms with van der Waals surface area (Å²) in [5.41, 5.74) is 3.26. The molecule has 2 aromatic carbocycles. The van der Waals surface area contributed by atoms with Gasteiger partial charge in [0.1, 0.15) is 17.5 Å². The SMILES string of the molecule is CCOC(=O)CCN(C(=O)c1ccc2c(c1)nc(CNc1ccc(C(=N)NC(=O)OC)cc1)n2C)c1ccccn1.CS(=O)(=O)O.CS(O)(O)O. The van der Waals surface area contributed by atoms with Gasteiger partial charge in [0, 0.05) is 42.9 Å². The van der Waals surface area contributed by atoms with Gasteiger partial charge in [-0.05, 0) is 61.5 Å². The zero-order valence-corrected chi connectivity index (χ0v) is 30.1. The Kier molecular flexibility index (Phi) is 15.9. The Morgan fingerprint density at radius 2 is 1.59 bits per heavy atom. The summed E-state index contributed by atoms with van der Waals surface area (Å²) in [5.74, 6) is 0.441. The highest BCUT2D eigenvalue weighted by Gasteiger charge is 2.21. The van der Waals surface area contributed by atoms with E-state index in [1.807, 2.05) is 17.7 Å². The number of hydrogen-bond donors (Lipinski definition) is 7. The second-order valence-corrected chi connectivity index (χ2v) is 13.5. The van der Waals surface area contributed by atoms with Crippen LogP contribution in [0.25, 0.3) is 11.0 Å². The molecule has 0 aliphatic heterocycles. The van der Waals surface area contributed by atoms with Gasteiger partial charge in [-0.2, -0.15) is 8.42 Å². The van der Waals surface area contributed by atoms with E-state index in [9.17, 15) is 22.8 Å². The molecule has 0 aliphatic carbocycles. The van der Waals surface area contributed by atoms with Crippen molar-refractivity contribution in [1.82, 2.24) is 19.9 Å². The third-order valence-electron chi connectivity index (χ3n) is 6.27. The van der Waals surface area contributed by atoms with Crippen LogP contribution in [0, 0.1) is 5.41 Å². The van der Waals surface area contributed by atoms with Crippen LogP contribution >= 0.6 is 10.9 Å². The number of nitrogens with zero attached hydrogens (tertiary/aromatic N) is 4. The number of amides is 2. The number of pyridine rings is 1. The lowest BCUT2D eigenvalue weighted by Gasteiger charge is -2.21. The van der Waals surface area contributed by atoms with Crippen molar-refractivity contribution in [3.8, 4) is 0 Å². The molecule has 2 heterocycles. The highest BCUT2D eigenvalue weighted by Crippen LogP contribution is 2.25. The number of hydrogen-bond acceptors (Lipinski definition) is 14. The maximum atomic E-state index is 13.6. The standard InChI is InChI=1S/C29H31N7O5.CH6O3S.CH4O3S/c1-4-41-26(37)14-16-36(24-7-5-6-15-31-24)28(38)20-10-13-23-22(17-20)33-25(35(23)2)18-32-21-11-8-19(9-12-21)27(30)34-29(39)40-3;2*1-5(2,3)4/h5-13,15,17,32H,4,14,16,18H2,1-3H3,(H2,30,34,39);2-4H,1H3;1H3,(H,2,3,4). The number of carbonyl (C=O) groups excluding carboxylic acids is 3. The molecule has 0 aliphatic rings. The van der Waals surface area contributed by atoms with Gasteiger partial charge in [0.15, 0.2) is 0 Å². The van der Waals surface area contributed by atoms with Crippen molar-refractivity contribution < 1.29 is 50.5 Å². The summed E-state index contributed by atoms with van der Waals surface area (Å²) >= 11 is 0. The van der Waals surface area contributed by atoms with Crippen LogP contribution in [0.5, 0.6) is 0 Å². The Balaban J connectivity index is 0.000000793. The smallest absolute Gasteiger partial charge is 0.412 e. The van der Waals surface area contributed by atoms with E-state index in [1.54, 1.807) is 67.7 Å². The van der Waals surface area contributed by atoms with Gasteiger partial charge >= 0.3 is 12.1 Å². The number of alkyl carbamates (subject to hydrolysis) is 1. The average Bonchev–Trinajstić information content (AvgIpc) is 3.37. The second kappa shape index (κ2) is 19.3. The topological polar surface area (TPSA) is 267 Å². The lowest BCUT2D eigenvalue weighted by atomic mass is 10.1. The normalized spacial score (nSPS) is 11.2. The second-order valence-electron chi connectivity index (χ2n) is 10.4. The van der Waals surface area contributed by atoms with E-state index < -0.39 is 27.1 Å². The minimum absolute atomic E-state index is 0.0434. The maximum Gasteiger partial charge on any atom is 0.412 e. The van der Waals surface area contributed by atoms with Gasteiger partial charge in [0.25, 0.3) is 16.0 Å². The number of fused-ring (bicyclic) bond motifs is 1. The number of anilines is 2. The van der Waals surface area contributed by atoms with Crippen molar-refractivity contribution in [1.29, 1.82) is 5.41 Å². The first-order chi connectivity index (χ1) is 23.8. The third-order valence-corrected chi connectivity index (χ3v) is 6.27. The van der Waals surface area contributed by atoms with Gasteiger partial charge in [-0.1, -0.05) is 6.07 Å². The van der Waals surface area contributed by atoms with Crippen LogP contribution in [-0.2, 0) is 38.0 Å². The number of amidine groups is 1. The van der Waals surface area contributed by atoms with E-state index in [0.717, 1.165) is 23.3 Å². The number of benzene rings is 2. The first kappa shape index (κ1) is 42.0. The summed E-state index contributed by atoms with van der Waals surface area (Å²) in [6.07, 6.45) is 2.59. The molecule has 4 aromatic rings. The fourth-order valence-corrected chi connectivity index (χ4v) is 4.13. The maximum absolute atomic E-state index is 13.6. The van der Waals surface area contributed by atoms with Crippen LogP contribution in [0.3, 0.4) is 0 Å². The quantitative estimate of drug-likeness (QED) is 0.0518. The van der Waals surface area contributed by atoms with Crippen LogP contribution < -0.4 is 15.5 Å². The van der Waals surface area contributed by atoms with Gasteiger partial charge < -0.3 is 33.0 Å². The van der Waals surface area contributed by atoms with Gasteiger partial charge in [0.2, 0.25) is 0 Å². The van der Waals surface area contributed by atoms with Crippen molar-refractivity contribution in [2.45, 2.75) is 19.9 Å². The number of imidazole rings is 1. The number of aryl methyl sites for hydroxylation is 1. The number of aromatic nitrogens is 3. The van der Waals surface area contributed by atoms with E-state index >= 15 is 0 Å². The van der Waals surface area contributed by atoms with E-state index in [4.69, 9.17) is 33.3 Å². The molecule has 278 valence electrons. The average molecular weight is 752 g/mol. The van der Waals surface area contributed by atoms with E-state index in [2.05, 4.69) is 20.4 Å². The number of methoxy groups -OCH3 is 1. The Bertz CT molecular complexity index is 1880. The van der Waals surface area contributed by atoms with Crippen molar-refractivity contribution in [3.05, 3.63) is 83.8 Å². The molecular weight excluding hydrogens is 711 g/mol. The zero-order valence-electron chi connectivity index (χ0n) is 28.4. The lowest BCUT2D eigenvalue weighted by molar-refractivity contribution is -0.142. The zero-order chi connectivity index (χ0) is 38.4. The largest absolute Gasteiger partial charge is 0.466 e. The highest BCUT2D eigenvalue weighted by molar-refractivity contribution is 8.18. The number of carbonyl (C=O) groups is 3. The first-order valence-electron chi connectivity index (χ1n) is 14.8. The van der Waals surface area contributed by atoms with E-state index in [1.165, 1.54) is 12.0 Å². The summed E-state index contributed by atoms with van der Waals surface area (Å²) in [5, 5.41) is 13.6. The highest BCUT2D eigenvalue weighted by atomic mass is 32.3. The van der Waals surface area contributed by atoms with Crippen LogP contribution in [0.4, 0.5) is 16.3 Å². The molecule has 0 fully saturated rings. The molecule has 18 nitrogen and oxygen atoms in total. The Morgan fingerprint density at radius 3 is 2.14 bits per heavy atom. The van der Waals surface area contributed by atoms with Crippen molar-refractivity contribution in [2.24, 2.45) is 7.05 Å². The van der Waals surface area contributed by atoms with Crippen LogP contribution in [-0.4, -0.2) is 97.7 Å². The molecule has 4 rings (SSSR count). The predicted molar refractivity (Wildman–Crippen MR) is 193 cm³/mol. The number of ether oxygens (including phenoxy) is 2.